The number of ether oxygens (including phenoxy) is 10. The summed E-state index contributed by atoms with van der Waals surface area (Å²) in [7, 11) is 0. The molecule has 0 amide bonds. The van der Waals surface area contributed by atoms with Gasteiger partial charge in [-0.3, -0.25) is 4.79 Å². The lowest BCUT2D eigenvalue weighted by Crippen LogP contribution is -2.64. The SMILES string of the molecule is CC(=O)OC[C@H]1O[C@H](OC[C@H]2O[C@H](F)[C@@H](OC(=O)c3ccccc3)[C@@H](OC(=O)c3ccccc3)[C@@H]2OC(=O)c2ccccc2)[C@@H](OC(=O)c2ccccc2)[C@@H](OC(=O)c2ccccc2)[C@@H]1OC(=O)c1ccccc1. The summed E-state index contributed by atoms with van der Waals surface area (Å²) in [6.45, 7) is -0.421. The quantitative estimate of drug-likeness (QED) is 0.0646. The molecule has 2 fully saturated rings. The van der Waals surface area contributed by atoms with Crippen molar-refractivity contribution in [3.05, 3.63) is 215 Å². The highest BCUT2D eigenvalue weighted by molar-refractivity contribution is 5.92. The van der Waals surface area contributed by atoms with Crippen LogP contribution in [0.4, 0.5) is 4.39 Å². The molecule has 0 saturated carbocycles. The predicted molar refractivity (Wildman–Crippen MR) is 255 cm³/mol. The second-order valence-electron chi connectivity index (χ2n) is 16.6. The number of halogens is 1. The highest BCUT2D eigenvalue weighted by Crippen LogP contribution is 2.35. The topological polar surface area (TPSA) is 212 Å². The molecule has 2 heterocycles. The van der Waals surface area contributed by atoms with E-state index in [4.69, 9.17) is 47.4 Å². The number of rotatable bonds is 17. The molecule has 0 unspecified atom stereocenters. The third-order valence-electron chi connectivity index (χ3n) is 11.6. The van der Waals surface area contributed by atoms with Crippen LogP contribution < -0.4 is 0 Å². The van der Waals surface area contributed by atoms with E-state index in [1.165, 1.54) is 72.8 Å². The van der Waals surface area contributed by atoms with Crippen LogP contribution in [0.15, 0.2) is 182 Å². The fraction of sp³-hybridized carbons (Fsp3) is 0.232. The average molecular weight is 1010 g/mol. The number of benzene rings is 6. The molecule has 6 aromatic carbocycles. The first-order chi connectivity index (χ1) is 35.9. The number of carbonyl (C=O) groups excluding carboxylic acids is 7. The average Bonchev–Trinajstić information content (AvgIpc) is 3.44. The lowest BCUT2D eigenvalue weighted by molar-refractivity contribution is -0.317. The van der Waals surface area contributed by atoms with Crippen molar-refractivity contribution in [2.75, 3.05) is 13.2 Å². The minimum Gasteiger partial charge on any atom is -0.463 e. The van der Waals surface area contributed by atoms with Crippen LogP contribution in [0.1, 0.15) is 69.1 Å². The van der Waals surface area contributed by atoms with Crippen molar-refractivity contribution >= 4 is 41.8 Å². The van der Waals surface area contributed by atoms with E-state index in [1.54, 1.807) is 109 Å². The molecule has 0 N–H and O–H groups in total. The fourth-order valence-corrected chi connectivity index (χ4v) is 7.93. The van der Waals surface area contributed by atoms with Crippen LogP contribution in [0, 0.1) is 0 Å². The molecule has 8 rings (SSSR count). The monoisotopic (exact) mass is 1010 g/mol. The third kappa shape index (κ3) is 13.1. The van der Waals surface area contributed by atoms with Gasteiger partial charge in [0.05, 0.1) is 40.0 Å². The first-order valence-electron chi connectivity index (χ1n) is 23.2. The molecule has 17 nitrogen and oxygen atoms in total. The first-order valence-corrected chi connectivity index (χ1v) is 23.2. The highest BCUT2D eigenvalue weighted by Gasteiger charge is 2.56. The van der Waals surface area contributed by atoms with Crippen LogP contribution >= 0.6 is 0 Å². The van der Waals surface area contributed by atoms with E-state index >= 15 is 4.39 Å². The Kier molecular flexibility index (Phi) is 17.3. The van der Waals surface area contributed by atoms with Crippen molar-refractivity contribution in [2.24, 2.45) is 0 Å². The van der Waals surface area contributed by atoms with Gasteiger partial charge in [-0.15, -0.1) is 0 Å². The molecule has 0 spiro atoms. The summed E-state index contributed by atoms with van der Waals surface area (Å²) in [6.07, 6.45) is -19.1. The Morgan fingerprint density at radius 2 is 0.635 bits per heavy atom. The summed E-state index contributed by atoms with van der Waals surface area (Å²) in [6, 6.07) is 45.8. The van der Waals surface area contributed by atoms with Crippen molar-refractivity contribution in [1.82, 2.24) is 0 Å². The normalized spacial score (nSPS) is 23.2. The Balaban J connectivity index is 1.19. The van der Waals surface area contributed by atoms with Crippen molar-refractivity contribution in [3.8, 4) is 0 Å². The Morgan fingerprint density at radius 1 is 0.365 bits per heavy atom. The smallest absolute Gasteiger partial charge is 0.338 e. The van der Waals surface area contributed by atoms with Crippen molar-refractivity contribution in [2.45, 2.75) is 68.4 Å². The Bertz CT molecular complexity index is 2860. The van der Waals surface area contributed by atoms with Gasteiger partial charge in [-0.1, -0.05) is 109 Å². The lowest BCUT2D eigenvalue weighted by atomic mass is 9.97. The maximum Gasteiger partial charge on any atom is 0.338 e. The minimum absolute atomic E-state index is 0.000222. The van der Waals surface area contributed by atoms with E-state index in [9.17, 15) is 33.6 Å². The molecule has 2 saturated heterocycles. The molecular weight excluding hydrogens is 964 g/mol. The van der Waals surface area contributed by atoms with Gasteiger partial charge in [-0.2, -0.15) is 0 Å². The van der Waals surface area contributed by atoms with Crippen molar-refractivity contribution in [3.63, 3.8) is 0 Å². The Morgan fingerprint density at radius 3 is 0.959 bits per heavy atom. The van der Waals surface area contributed by atoms with E-state index < -0.39 is 116 Å². The van der Waals surface area contributed by atoms with Gasteiger partial charge in [0.15, 0.2) is 42.9 Å². The van der Waals surface area contributed by atoms with Crippen LogP contribution in [-0.2, 0) is 52.2 Å². The molecule has 18 heteroatoms. The Labute approximate surface area is 422 Å². The van der Waals surface area contributed by atoms with Crippen LogP contribution in [0.25, 0.3) is 0 Å². The Hall–Kier alpha value is -8.58. The molecule has 0 aliphatic carbocycles. The standard InChI is InChI=1S/C56H47FO17/c1-34(58)65-32-42-44(70-51(60)36-22-10-3-11-23-36)46(72-53(62)38-26-14-5-15-27-38)48(74-55(64)40-30-18-7-19-31-40)56(68-42)66-33-41-43(69-50(59)35-20-8-2-9-21-35)45(71-52(61)37-24-12-4-13-25-37)47(49(57)67-41)73-54(63)39-28-16-6-17-29-39/h2-31,41-49,56H,32-33H2,1H3/t41-,42-,43-,44-,45+,46+,47+,48+,49+,56+/m1/s1. The summed E-state index contributed by atoms with van der Waals surface area (Å²) in [5, 5.41) is 0. The van der Waals surface area contributed by atoms with E-state index in [1.807, 2.05) is 0 Å². The summed E-state index contributed by atoms with van der Waals surface area (Å²) in [4.78, 5) is 95.8. The minimum atomic E-state index is -2.60. The van der Waals surface area contributed by atoms with Crippen LogP contribution in [0.2, 0.25) is 0 Å². The molecular formula is C56H47FO17. The van der Waals surface area contributed by atoms with Gasteiger partial charge in [-0.05, 0) is 72.8 Å². The maximum atomic E-state index is 16.9. The molecule has 74 heavy (non-hydrogen) atoms. The number of esters is 7. The van der Waals surface area contributed by atoms with Crippen molar-refractivity contribution in [1.29, 1.82) is 0 Å². The van der Waals surface area contributed by atoms with Gasteiger partial charge < -0.3 is 47.4 Å². The summed E-state index contributed by atoms with van der Waals surface area (Å²) < 4.78 is 76.6. The molecule has 2 aliphatic heterocycles. The summed E-state index contributed by atoms with van der Waals surface area (Å²) >= 11 is 0. The summed E-state index contributed by atoms with van der Waals surface area (Å²) in [5.41, 5.74) is 0.115. The molecule has 380 valence electrons. The molecule has 10 atom stereocenters. The summed E-state index contributed by atoms with van der Waals surface area (Å²) in [5.74, 6) is -6.78. The third-order valence-corrected chi connectivity index (χ3v) is 11.6. The first kappa shape index (κ1) is 51.8. The predicted octanol–water partition coefficient (Wildman–Crippen LogP) is 7.34. The molecule has 0 aromatic heterocycles. The number of carbonyl (C=O) groups is 7. The van der Waals surface area contributed by atoms with Crippen LogP contribution in [-0.4, -0.2) is 116 Å². The number of hydrogen-bond acceptors (Lipinski definition) is 17. The van der Waals surface area contributed by atoms with Gasteiger partial charge in [-0.25, -0.2) is 33.2 Å². The zero-order valence-corrected chi connectivity index (χ0v) is 39.3. The zero-order chi connectivity index (χ0) is 52.0. The lowest BCUT2D eigenvalue weighted by Gasteiger charge is -2.45. The largest absolute Gasteiger partial charge is 0.463 e. The van der Waals surface area contributed by atoms with Gasteiger partial charge in [0, 0.05) is 6.92 Å². The van der Waals surface area contributed by atoms with E-state index in [0.29, 0.717) is 0 Å². The molecule has 6 aromatic rings. The second kappa shape index (κ2) is 24.7. The maximum absolute atomic E-state index is 16.9. The second-order valence-corrected chi connectivity index (χ2v) is 16.6. The van der Waals surface area contributed by atoms with Gasteiger partial charge in [0.1, 0.15) is 18.8 Å². The van der Waals surface area contributed by atoms with Gasteiger partial charge >= 0.3 is 41.8 Å². The van der Waals surface area contributed by atoms with E-state index in [0.717, 1.165) is 6.92 Å². The number of hydrogen-bond donors (Lipinski definition) is 0. The molecule has 0 bridgehead atoms. The van der Waals surface area contributed by atoms with Crippen LogP contribution in [0.5, 0.6) is 0 Å². The van der Waals surface area contributed by atoms with Crippen LogP contribution in [0.3, 0.4) is 0 Å². The highest BCUT2D eigenvalue weighted by atomic mass is 19.1. The van der Waals surface area contributed by atoms with Gasteiger partial charge in [0.25, 0.3) is 0 Å². The van der Waals surface area contributed by atoms with E-state index in [-0.39, 0.29) is 33.4 Å². The molecule has 0 radical (unpaired) electrons. The van der Waals surface area contributed by atoms with E-state index in [2.05, 4.69) is 0 Å². The fourth-order valence-electron chi connectivity index (χ4n) is 7.93. The van der Waals surface area contributed by atoms with Gasteiger partial charge in [0.2, 0.25) is 6.36 Å². The zero-order valence-electron chi connectivity index (χ0n) is 39.3. The number of alkyl halides is 1. The van der Waals surface area contributed by atoms with Crippen molar-refractivity contribution < 1.29 is 85.3 Å². The molecule has 2 aliphatic rings.